The number of carbonyl (C=O) groups excluding carboxylic acids is 1. The molecule has 6 nitrogen and oxygen atoms in total. The number of hydrogen-bond acceptors (Lipinski definition) is 6. The van der Waals surface area contributed by atoms with Crippen molar-refractivity contribution in [3.8, 4) is 11.5 Å². The average Bonchev–Trinajstić information content (AvgIpc) is 2.88. The maximum absolute atomic E-state index is 12.7. The molecule has 5 rings (SSSR count). The maximum Gasteiger partial charge on any atom is 0.195 e. The van der Waals surface area contributed by atoms with Crippen molar-refractivity contribution in [2.75, 3.05) is 11.4 Å². The van der Waals surface area contributed by atoms with Crippen molar-refractivity contribution >= 4 is 11.5 Å². The van der Waals surface area contributed by atoms with Crippen LogP contribution in [0.3, 0.4) is 0 Å². The second-order valence-corrected chi connectivity index (χ2v) is 7.78. The number of aromatic nitrogens is 3. The van der Waals surface area contributed by atoms with E-state index in [1.165, 1.54) is 0 Å². The Bertz CT molecular complexity index is 1230. The number of pyridine rings is 1. The lowest BCUT2D eigenvalue weighted by Crippen LogP contribution is -2.31. The van der Waals surface area contributed by atoms with Crippen LogP contribution in [0.25, 0.3) is 11.5 Å². The van der Waals surface area contributed by atoms with Gasteiger partial charge in [-0.15, -0.1) is 0 Å². The van der Waals surface area contributed by atoms with Crippen LogP contribution in [0.1, 0.15) is 33.3 Å². The van der Waals surface area contributed by atoms with Crippen LogP contribution in [-0.4, -0.2) is 32.4 Å². The van der Waals surface area contributed by atoms with Crippen LogP contribution in [0.2, 0.25) is 0 Å². The van der Waals surface area contributed by atoms with E-state index in [1.807, 2.05) is 54.7 Å². The first-order valence-corrected chi connectivity index (χ1v) is 10.6. The third kappa shape index (κ3) is 4.00. The number of aliphatic hydroxyl groups excluding tert-OH is 1. The van der Waals surface area contributed by atoms with Gasteiger partial charge < -0.3 is 10.0 Å². The van der Waals surface area contributed by atoms with Gasteiger partial charge in [-0.3, -0.25) is 9.78 Å². The minimum atomic E-state index is -1.16. The SMILES string of the molecule is O=C(c1ccc(N2CCc3nc(-c4ccccn4)ncc3C2)cc1)C(O)c1ccccc1. The molecule has 2 aromatic heterocycles. The van der Waals surface area contributed by atoms with Gasteiger partial charge in [0.15, 0.2) is 11.6 Å². The normalized spacial score (nSPS) is 14.0. The van der Waals surface area contributed by atoms with Crippen LogP contribution < -0.4 is 4.90 Å². The van der Waals surface area contributed by atoms with Gasteiger partial charge in [-0.2, -0.15) is 0 Å². The van der Waals surface area contributed by atoms with Crippen LogP contribution in [-0.2, 0) is 13.0 Å². The lowest BCUT2D eigenvalue weighted by atomic mass is 9.99. The number of aliphatic hydroxyl groups is 1. The number of rotatable bonds is 5. The highest BCUT2D eigenvalue weighted by Crippen LogP contribution is 2.26. The van der Waals surface area contributed by atoms with Crippen molar-refractivity contribution in [1.82, 2.24) is 15.0 Å². The zero-order valence-corrected chi connectivity index (χ0v) is 17.4. The topological polar surface area (TPSA) is 79.2 Å². The molecule has 1 aliphatic rings. The van der Waals surface area contributed by atoms with Crippen molar-refractivity contribution < 1.29 is 9.90 Å². The molecule has 3 heterocycles. The zero-order chi connectivity index (χ0) is 21.9. The molecule has 0 saturated heterocycles. The Kier molecular flexibility index (Phi) is 5.44. The summed E-state index contributed by atoms with van der Waals surface area (Å²) in [6.45, 7) is 1.53. The number of nitrogens with zero attached hydrogens (tertiary/aromatic N) is 4. The minimum Gasteiger partial charge on any atom is -0.380 e. The fourth-order valence-corrected chi connectivity index (χ4v) is 3.94. The summed E-state index contributed by atoms with van der Waals surface area (Å²) in [4.78, 5) is 28.5. The summed E-state index contributed by atoms with van der Waals surface area (Å²) in [7, 11) is 0. The van der Waals surface area contributed by atoms with Crippen molar-refractivity contribution in [2.24, 2.45) is 0 Å². The van der Waals surface area contributed by atoms with E-state index in [0.29, 0.717) is 23.5 Å². The minimum absolute atomic E-state index is 0.304. The van der Waals surface area contributed by atoms with E-state index in [-0.39, 0.29) is 5.78 Å². The molecule has 1 N–H and O–H groups in total. The first kappa shape index (κ1) is 20.0. The van der Waals surface area contributed by atoms with Gasteiger partial charge in [0.1, 0.15) is 11.8 Å². The van der Waals surface area contributed by atoms with E-state index in [4.69, 9.17) is 4.98 Å². The summed E-state index contributed by atoms with van der Waals surface area (Å²) in [6.07, 6.45) is 3.28. The standard InChI is InChI=1S/C26H22N4O2/c31-24(18-6-2-1-3-7-18)25(32)19-9-11-21(12-10-19)30-15-13-22-20(17-30)16-28-26(29-22)23-8-4-5-14-27-23/h1-12,14,16,24,31H,13,15,17H2. The number of ketones is 1. The van der Waals surface area contributed by atoms with E-state index >= 15 is 0 Å². The van der Waals surface area contributed by atoms with E-state index in [0.717, 1.165) is 35.6 Å². The number of carbonyl (C=O) groups is 1. The molecule has 0 fully saturated rings. The third-order valence-corrected chi connectivity index (χ3v) is 5.71. The van der Waals surface area contributed by atoms with Gasteiger partial charge in [0.25, 0.3) is 0 Å². The van der Waals surface area contributed by atoms with Crippen LogP contribution in [0.15, 0.2) is 85.2 Å². The Morgan fingerprint density at radius 2 is 1.72 bits per heavy atom. The second kappa shape index (κ2) is 8.69. The largest absolute Gasteiger partial charge is 0.380 e. The Labute approximate surface area is 186 Å². The fraction of sp³-hybridized carbons (Fsp3) is 0.154. The van der Waals surface area contributed by atoms with Gasteiger partial charge in [0.2, 0.25) is 0 Å². The van der Waals surface area contributed by atoms with Crippen molar-refractivity contribution in [1.29, 1.82) is 0 Å². The average molecular weight is 422 g/mol. The molecule has 32 heavy (non-hydrogen) atoms. The van der Waals surface area contributed by atoms with Gasteiger partial charge in [0, 0.05) is 48.7 Å². The monoisotopic (exact) mass is 422 g/mol. The molecule has 2 aromatic carbocycles. The highest BCUT2D eigenvalue weighted by atomic mass is 16.3. The second-order valence-electron chi connectivity index (χ2n) is 7.78. The third-order valence-electron chi connectivity index (χ3n) is 5.71. The lowest BCUT2D eigenvalue weighted by Gasteiger charge is -2.30. The number of benzene rings is 2. The molecule has 0 radical (unpaired) electrons. The Balaban J connectivity index is 1.30. The van der Waals surface area contributed by atoms with E-state index in [9.17, 15) is 9.90 Å². The van der Waals surface area contributed by atoms with Gasteiger partial charge >= 0.3 is 0 Å². The summed E-state index contributed by atoms with van der Waals surface area (Å²) >= 11 is 0. The maximum atomic E-state index is 12.7. The van der Waals surface area contributed by atoms with Crippen molar-refractivity contribution in [3.63, 3.8) is 0 Å². The summed E-state index contributed by atoms with van der Waals surface area (Å²) < 4.78 is 0. The molecule has 1 atom stereocenters. The van der Waals surface area contributed by atoms with E-state index in [1.54, 1.807) is 30.5 Å². The quantitative estimate of drug-likeness (QED) is 0.490. The summed E-state index contributed by atoms with van der Waals surface area (Å²) in [5.41, 5.74) is 5.03. The fourth-order valence-electron chi connectivity index (χ4n) is 3.94. The summed E-state index contributed by atoms with van der Waals surface area (Å²) in [6, 6.07) is 22.1. The molecular weight excluding hydrogens is 400 g/mol. The van der Waals surface area contributed by atoms with E-state index in [2.05, 4.69) is 14.9 Å². The number of Topliss-reactive ketones (excluding diaryl/α,β-unsaturated/α-hetero) is 1. The molecule has 4 aromatic rings. The highest BCUT2D eigenvalue weighted by Gasteiger charge is 2.21. The molecule has 6 heteroatoms. The molecule has 0 bridgehead atoms. The molecule has 0 saturated carbocycles. The van der Waals surface area contributed by atoms with Gasteiger partial charge in [-0.1, -0.05) is 36.4 Å². The molecule has 0 aliphatic carbocycles. The zero-order valence-electron chi connectivity index (χ0n) is 17.4. The van der Waals surface area contributed by atoms with Gasteiger partial charge in [-0.05, 0) is 42.0 Å². The van der Waals surface area contributed by atoms with Gasteiger partial charge in [0.05, 0.1) is 5.69 Å². The van der Waals surface area contributed by atoms with Crippen molar-refractivity contribution in [3.05, 3.63) is 108 Å². The number of fused-ring (bicyclic) bond motifs is 1. The predicted molar refractivity (Wildman–Crippen MR) is 122 cm³/mol. The first-order chi connectivity index (χ1) is 15.7. The van der Waals surface area contributed by atoms with Crippen LogP contribution in [0.4, 0.5) is 5.69 Å². The van der Waals surface area contributed by atoms with Crippen LogP contribution in [0.5, 0.6) is 0 Å². The first-order valence-electron chi connectivity index (χ1n) is 10.6. The Morgan fingerprint density at radius 3 is 2.47 bits per heavy atom. The van der Waals surface area contributed by atoms with Crippen LogP contribution in [0, 0.1) is 0 Å². The Morgan fingerprint density at radius 1 is 0.938 bits per heavy atom. The van der Waals surface area contributed by atoms with Crippen LogP contribution >= 0.6 is 0 Å². The lowest BCUT2D eigenvalue weighted by molar-refractivity contribution is 0.0747. The Hall–Kier alpha value is -3.90. The summed E-state index contributed by atoms with van der Waals surface area (Å²) in [5.74, 6) is 0.347. The van der Waals surface area contributed by atoms with Gasteiger partial charge in [-0.25, -0.2) is 9.97 Å². The highest BCUT2D eigenvalue weighted by molar-refractivity contribution is 6.00. The molecular formula is C26H22N4O2. The molecule has 1 aliphatic heterocycles. The molecule has 158 valence electrons. The molecule has 0 spiro atoms. The van der Waals surface area contributed by atoms with E-state index < -0.39 is 6.10 Å². The molecule has 0 amide bonds. The van der Waals surface area contributed by atoms with Crippen molar-refractivity contribution in [2.45, 2.75) is 19.1 Å². The smallest absolute Gasteiger partial charge is 0.195 e. The number of anilines is 1. The molecule has 1 unspecified atom stereocenters. The predicted octanol–water partition coefficient (Wildman–Crippen LogP) is 4.02. The summed E-state index contributed by atoms with van der Waals surface area (Å²) in [5, 5.41) is 10.4. The number of hydrogen-bond donors (Lipinski definition) is 1.